The number of nitrogens with zero attached hydrogens (tertiary/aromatic N) is 3. The van der Waals surface area contributed by atoms with Crippen LogP contribution in [0.25, 0.3) is 0 Å². The second-order valence-corrected chi connectivity index (χ2v) is 7.21. The average Bonchev–Trinajstić information content (AvgIpc) is 2.94. The van der Waals surface area contributed by atoms with Crippen molar-refractivity contribution in [3.63, 3.8) is 0 Å². The van der Waals surface area contributed by atoms with Crippen LogP contribution in [-0.4, -0.2) is 41.5 Å². The minimum Gasteiger partial charge on any atom is -0.351 e. The molecule has 1 aromatic heterocycles. The van der Waals surface area contributed by atoms with E-state index in [1.54, 1.807) is 17.7 Å². The fourth-order valence-corrected chi connectivity index (χ4v) is 3.55. The lowest BCUT2D eigenvalue weighted by Gasteiger charge is -2.29. The topological polar surface area (TPSA) is 61.7 Å². The van der Waals surface area contributed by atoms with Crippen molar-refractivity contribution in [2.75, 3.05) is 20.1 Å². The van der Waals surface area contributed by atoms with E-state index in [0.717, 1.165) is 18.7 Å². The maximum atomic E-state index is 12.5. The molecule has 0 unspecified atom stereocenters. The molecule has 3 rings (SSSR count). The Morgan fingerprint density at radius 2 is 1.96 bits per heavy atom. The summed E-state index contributed by atoms with van der Waals surface area (Å²) in [6.07, 6.45) is 0.893. The molecule has 27 heavy (non-hydrogen) atoms. The Morgan fingerprint density at radius 1 is 1.22 bits per heavy atom. The molecule has 0 aliphatic carbocycles. The minimum absolute atomic E-state index is 0.0532. The zero-order valence-corrected chi connectivity index (χ0v) is 16.9. The van der Waals surface area contributed by atoms with Crippen LogP contribution < -0.4 is 10.6 Å². The van der Waals surface area contributed by atoms with Crippen LogP contribution >= 0.6 is 23.2 Å². The molecule has 2 heterocycles. The number of carbonyl (C=O) groups is 1. The number of guanidine groups is 1. The van der Waals surface area contributed by atoms with Crippen molar-refractivity contribution in [2.45, 2.75) is 19.5 Å². The number of hydrogen-bond donors (Lipinski definition) is 2. The Kier molecular flexibility index (Phi) is 6.29. The highest BCUT2D eigenvalue weighted by Crippen LogP contribution is 2.24. The summed E-state index contributed by atoms with van der Waals surface area (Å²) < 4.78 is 1.81. The second-order valence-electron chi connectivity index (χ2n) is 6.45. The van der Waals surface area contributed by atoms with Gasteiger partial charge in [0.1, 0.15) is 5.15 Å². The quantitative estimate of drug-likeness (QED) is 0.604. The summed E-state index contributed by atoms with van der Waals surface area (Å²) in [4.78, 5) is 18.6. The van der Waals surface area contributed by atoms with Gasteiger partial charge in [-0.3, -0.25) is 9.79 Å². The molecule has 2 N–H and O–H groups in total. The predicted octanol–water partition coefficient (Wildman–Crippen LogP) is 2.58. The van der Waals surface area contributed by atoms with Gasteiger partial charge in [-0.2, -0.15) is 0 Å². The molecule has 1 amide bonds. The van der Waals surface area contributed by atoms with E-state index >= 15 is 0 Å². The third-order valence-corrected chi connectivity index (χ3v) is 5.61. The van der Waals surface area contributed by atoms with E-state index in [1.165, 1.54) is 11.1 Å². The van der Waals surface area contributed by atoms with Gasteiger partial charge >= 0.3 is 0 Å². The molecule has 1 aliphatic heterocycles. The molecule has 0 bridgehead atoms. The molecular formula is C19H23Cl2N5O. The van der Waals surface area contributed by atoms with Crippen molar-refractivity contribution >= 4 is 35.1 Å². The van der Waals surface area contributed by atoms with Gasteiger partial charge in [0.05, 0.1) is 18.1 Å². The molecule has 0 fully saturated rings. The van der Waals surface area contributed by atoms with Crippen LogP contribution in [0.3, 0.4) is 0 Å². The Bertz CT molecular complexity index is 862. The Balaban J connectivity index is 1.51. The average molecular weight is 408 g/mol. The van der Waals surface area contributed by atoms with E-state index < -0.39 is 0 Å². The van der Waals surface area contributed by atoms with Crippen molar-refractivity contribution in [3.05, 3.63) is 57.3 Å². The van der Waals surface area contributed by atoms with Gasteiger partial charge in [0.15, 0.2) is 5.96 Å². The van der Waals surface area contributed by atoms with Crippen LogP contribution in [0.5, 0.6) is 0 Å². The largest absolute Gasteiger partial charge is 0.351 e. The number of fused-ring (bicyclic) bond motifs is 1. The maximum absolute atomic E-state index is 12.5. The minimum atomic E-state index is 0.0532. The van der Waals surface area contributed by atoms with Gasteiger partial charge in [0.2, 0.25) is 5.91 Å². The molecule has 0 saturated carbocycles. The first-order valence-corrected chi connectivity index (χ1v) is 9.54. The van der Waals surface area contributed by atoms with E-state index in [4.69, 9.17) is 23.2 Å². The van der Waals surface area contributed by atoms with Crippen LogP contribution in [0, 0.1) is 0 Å². The number of rotatable bonds is 4. The second kappa shape index (κ2) is 8.67. The van der Waals surface area contributed by atoms with Crippen molar-refractivity contribution in [3.8, 4) is 0 Å². The smallest absolute Gasteiger partial charge is 0.242 e. The summed E-state index contributed by atoms with van der Waals surface area (Å²) in [7, 11) is 3.51. The first-order chi connectivity index (χ1) is 13.0. The summed E-state index contributed by atoms with van der Waals surface area (Å²) in [6, 6.07) is 10.1. The molecule has 0 spiro atoms. The Labute approximate surface area is 169 Å². The maximum Gasteiger partial charge on any atom is 0.242 e. The lowest BCUT2D eigenvalue weighted by molar-refractivity contribution is -0.130. The predicted molar refractivity (Wildman–Crippen MR) is 109 cm³/mol. The van der Waals surface area contributed by atoms with Gasteiger partial charge in [0, 0.05) is 32.9 Å². The molecule has 1 aliphatic rings. The summed E-state index contributed by atoms with van der Waals surface area (Å²) in [6.45, 7) is 2.08. The fraction of sp³-hybridized carbons (Fsp3) is 0.368. The van der Waals surface area contributed by atoms with Gasteiger partial charge in [-0.15, -0.1) is 0 Å². The normalized spacial score (nSPS) is 14.1. The van der Waals surface area contributed by atoms with Crippen LogP contribution in [0.1, 0.15) is 16.8 Å². The molecular weight excluding hydrogens is 385 g/mol. The standard InChI is InChI=1S/C19H23Cl2N5O/c1-22-19(23-10-15-9-16(20)18(21)25(15)2)24-11-17(27)26-8-7-13-5-3-4-6-14(13)12-26/h3-6,9H,7-8,10-12H2,1-2H3,(H2,22,23,24). The van der Waals surface area contributed by atoms with Crippen molar-refractivity contribution in [2.24, 2.45) is 12.0 Å². The fourth-order valence-electron chi connectivity index (χ4n) is 3.13. The monoisotopic (exact) mass is 407 g/mol. The molecule has 0 radical (unpaired) electrons. The van der Waals surface area contributed by atoms with Crippen LogP contribution in [-0.2, 0) is 31.4 Å². The third-order valence-electron chi connectivity index (χ3n) is 4.77. The van der Waals surface area contributed by atoms with Crippen molar-refractivity contribution in [1.29, 1.82) is 0 Å². The van der Waals surface area contributed by atoms with E-state index in [9.17, 15) is 4.79 Å². The highest BCUT2D eigenvalue weighted by molar-refractivity contribution is 6.41. The number of aliphatic imine (C=N–C) groups is 1. The number of aromatic nitrogens is 1. The number of hydrogen-bond acceptors (Lipinski definition) is 2. The first-order valence-electron chi connectivity index (χ1n) is 8.78. The molecule has 6 nitrogen and oxygen atoms in total. The summed E-state index contributed by atoms with van der Waals surface area (Å²) in [5.74, 6) is 0.603. The number of carbonyl (C=O) groups excluding carboxylic acids is 1. The van der Waals surface area contributed by atoms with E-state index in [2.05, 4.69) is 27.8 Å². The van der Waals surface area contributed by atoms with Crippen LogP contribution in [0.15, 0.2) is 35.3 Å². The number of amides is 1. The first kappa shape index (κ1) is 19.6. The number of benzene rings is 1. The van der Waals surface area contributed by atoms with Gasteiger partial charge < -0.3 is 20.1 Å². The van der Waals surface area contributed by atoms with Gasteiger partial charge in [-0.05, 0) is 23.6 Å². The van der Waals surface area contributed by atoms with Gasteiger partial charge in [-0.25, -0.2) is 0 Å². The van der Waals surface area contributed by atoms with Crippen molar-refractivity contribution in [1.82, 2.24) is 20.1 Å². The summed E-state index contributed by atoms with van der Waals surface area (Å²) in [5, 5.41) is 7.26. The molecule has 144 valence electrons. The molecule has 1 aromatic carbocycles. The van der Waals surface area contributed by atoms with Crippen LogP contribution in [0.2, 0.25) is 10.2 Å². The Hall–Kier alpha value is -2.18. The van der Waals surface area contributed by atoms with Crippen LogP contribution in [0.4, 0.5) is 0 Å². The van der Waals surface area contributed by atoms with E-state index in [1.807, 2.05) is 24.1 Å². The van der Waals surface area contributed by atoms with Gasteiger partial charge in [-0.1, -0.05) is 47.5 Å². The lowest BCUT2D eigenvalue weighted by Crippen LogP contribution is -2.45. The number of nitrogens with one attached hydrogen (secondary N) is 2. The summed E-state index contributed by atoms with van der Waals surface area (Å²) in [5.41, 5.74) is 3.47. The molecule has 0 saturated heterocycles. The molecule has 8 heteroatoms. The van der Waals surface area contributed by atoms with E-state index in [-0.39, 0.29) is 12.5 Å². The third kappa shape index (κ3) is 4.57. The van der Waals surface area contributed by atoms with Crippen molar-refractivity contribution < 1.29 is 4.79 Å². The van der Waals surface area contributed by atoms with E-state index in [0.29, 0.717) is 29.2 Å². The molecule has 0 atom stereocenters. The number of halogens is 2. The zero-order chi connectivity index (χ0) is 19.4. The lowest BCUT2D eigenvalue weighted by atomic mass is 10.00. The van der Waals surface area contributed by atoms with Gasteiger partial charge in [0.25, 0.3) is 0 Å². The Morgan fingerprint density at radius 3 is 2.63 bits per heavy atom. The zero-order valence-electron chi connectivity index (χ0n) is 15.4. The SMILES string of the molecule is CN=C(NCC(=O)N1CCc2ccccc2C1)NCc1cc(Cl)c(Cl)n1C. The highest BCUT2D eigenvalue weighted by Gasteiger charge is 2.20. The molecule has 2 aromatic rings. The summed E-state index contributed by atoms with van der Waals surface area (Å²) >= 11 is 12.1. The highest BCUT2D eigenvalue weighted by atomic mass is 35.5.